The molecule has 1 aliphatic rings. The molecular formula is C25H22ClN3O2. The van der Waals surface area contributed by atoms with Crippen molar-refractivity contribution in [2.75, 3.05) is 19.0 Å². The highest BCUT2D eigenvalue weighted by molar-refractivity contribution is 6.30. The van der Waals surface area contributed by atoms with Crippen LogP contribution >= 0.6 is 11.6 Å². The number of anilines is 1. The number of ether oxygens (including phenoxy) is 1. The zero-order chi connectivity index (χ0) is 21.4. The van der Waals surface area contributed by atoms with Crippen molar-refractivity contribution in [1.82, 2.24) is 9.88 Å². The summed E-state index contributed by atoms with van der Waals surface area (Å²) in [6.45, 7) is 0.609. The number of carbonyl (C=O) groups is 1. The highest BCUT2D eigenvalue weighted by Crippen LogP contribution is 2.39. The van der Waals surface area contributed by atoms with Crippen LogP contribution in [0.3, 0.4) is 0 Å². The lowest BCUT2D eigenvalue weighted by Crippen LogP contribution is -2.43. The Bertz CT molecular complexity index is 1250. The lowest BCUT2D eigenvalue weighted by Gasteiger charge is -2.36. The van der Waals surface area contributed by atoms with E-state index in [1.165, 1.54) is 10.9 Å². The van der Waals surface area contributed by atoms with Crippen LogP contribution in [0.1, 0.15) is 22.9 Å². The maximum atomic E-state index is 13.4. The van der Waals surface area contributed by atoms with E-state index < -0.39 is 0 Å². The van der Waals surface area contributed by atoms with Gasteiger partial charge in [-0.25, -0.2) is 4.79 Å². The third-order valence-corrected chi connectivity index (χ3v) is 6.05. The fourth-order valence-electron chi connectivity index (χ4n) is 4.35. The molecule has 31 heavy (non-hydrogen) atoms. The smallest absolute Gasteiger partial charge is 0.322 e. The molecule has 0 radical (unpaired) electrons. The van der Waals surface area contributed by atoms with Crippen LogP contribution < -0.4 is 10.1 Å². The maximum Gasteiger partial charge on any atom is 0.322 e. The molecule has 6 heteroatoms. The second-order valence-electron chi connectivity index (χ2n) is 7.62. The topological polar surface area (TPSA) is 57.4 Å². The molecule has 0 saturated carbocycles. The largest absolute Gasteiger partial charge is 0.497 e. The van der Waals surface area contributed by atoms with Crippen molar-refractivity contribution >= 4 is 34.2 Å². The molecule has 0 unspecified atom stereocenters. The SMILES string of the molecule is COc1cccc(NC(=O)N2CCc3c([nH]c4ccccc34)[C@H]2c2ccc(Cl)cc2)c1. The van der Waals surface area contributed by atoms with Gasteiger partial charge in [-0.05, 0) is 47.9 Å². The first kappa shape index (κ1) is 19.5. The summed E-state index contributed by atoms with van der Waals surface area (Å²) in [6, 6.07) is 23.0. The minimum atomic E-state index is -0.237. The number of halogens is 1. The number of hydrogen-bond donors (Lipinski definition) is 2. The molecule has 2 heterocycles. The molecule has 2 amide bonds. The third kappa shape index (κ3) is 3.62. The molecule has 156 valence electrons. The number of nitrogens with one attached hydrogen (secondary N) is 2. The normalized spacial score (nSPS) is 15.5. The summed E-state index contributed by atoms with van der Waals surface area (Å²) < 4.78 is 5.28. The van der Waals surface area contributed by atoms with E-state index in [0.717, 1.165) is 23.2 Å². The average molecular weight is 432 g/mol. The number of urea groups is 1. The Balaban J connectivity index is 1.55. The molecule has 5 nitrogen and oxygen atoms in total. The van der Waals surface area contributed by atoms with Crippen molar-refractivity contribution in [2.45, 2.75) is 12.5 Å². The number of rotatable bonds is 3. The van der Waals surface area contributed by atoms with Gasteiger partial charge >= 0.3 is 6.03 Å². The summed E-state index contributed by atoms with van der Waals surface area (Å²) in [4.78, 5) is 18.8. The third-order valence-electron chi connectivity index (χ3n) is 5.80. The van der Waals surface area contributed by atoms with Gasteiger partial charge in [0.15, 0.2) is 0 Å². The predicted molar refractivity (Wildman–Crippen MR) is 124 cm³/mol. The average Bonchev–Trinajstić information content (AvgIpc) is 3.18. The summed E-state index contributed by atoms with van der Waals surface area (Å²) in [5.74, 6) is 0.698. The molecule has 0 aliphatic carbocycles. The van der Waals surface area contributed by atoms with Crippen molar-refractivity contribution in [3.05, 3.63) is 94.6 Å². The number of para-hydroxylation sites is 1. The summed E-state index contributed by atoms with van der Waals surface area (Å²) in [5.41, 5.74) is 5.11. The zero-order valence-electron chi connectivity index (χ0n) is 17.1. The van der Waals surface area contributed by atoms with Gasteiger partial charge in [0, 0.05) is 39.9 Å². The number of nitrogens with zero attached hydrogens (tertiary/aromatic N) is 1. The minimum absolute atomic E-state index is 0.155. The van der Waals surface area contributed by atoms with Gasteiger partial charge in [-0.15, -0.1) is 0 Å². The number of fused-ring (bicyclic) bond motifs is 3. The number of aromatic amines is 1. The van der Waals surface area contributed by atoms with E-state index in [-0.39, 0.29) is 12.1 Å². The number of carbonyl (C=O) groups excluding carboxylic acids is 1. The summed E-state index contributed by atoms with van der Waals surface area (Å²) >= 11 is 6.14. The van der Waals surface area contributed by atoms with Crippen LogP contribution in [0.25, 0.3) is 10.9 Å². The number of H-pyrrole nitrogens is 1. The fraction of sp³-hybridized carbons (Fsp3) is 0.160. The minimum Gasteiger partial charge on any atom is -0.497 e. The number of benzene rings is 3. The van der Waals surface area contributed by atoms with E-state index in [4.69, 9.17) is 16.3 Å². The first-order chi connectivity index (χ1) is 15.1. The summed E-state index contributed by atoms with van der Waals surface area (Å²) in [6.07, 6.45) is 0.787. The van der Waals surface area contributed by atoms with E-state index in [9.17, 15) is 4.79 Å². The molecule has 5 rings (SSSR count). The van der Waals surface area contributed by atoms with Gasteiger partial charge < -0.3 is 19.9 Å². The number of aromatic nitrogens is 1. The Morgan fingerprint density at radius 2 is 1.90 bits per heavy atom. The first-order valence-electron chi connectivity index (χ1n) is 10.2. The summed E-state index contributed by atoms with van der Waals surface area (Å²) in [7, 11) is 1.61. The van der Waals surface area contributed by atoms with Crippen LogP contribution in [-0.2, 0) is 6.42 Å². The van der Waals surface area contributed by atoms with E-state index in [0.29, 0.717) is 23.0 Å². The Labute approximate surface area is 185 Å². The maximum absolute atomic E-state index is 13.4. The van der Waals surface area contributed by atoms with Gasteiger partial charge in [-0.1, -0.05) is 48.0 Å². The van der Waals surface area contributed by atoms with E-state index >= 15 is 0 Å². The van der Waals surface area contributed by atoms with Crippen LogP contribution in [0.15, 0.2) is 72.8 Å². The number of hydrogen-bond acceptors (Lipinski definition) is 2. The highest BCUT2D eigenvalue weighted by Gasteiger charge is 2.34. The molecule has 1 atom stereocenters. The Morgan fingerprint density at radius 1 is 1.10 bits per heavy atom. The fourth-order valence-corrected chi connectivity index (χ4v) is 4.47. The van der Waals surface area contributed by atoms with Crippen molar-refractivity contribution in [1.29, 1.82) is 0 Å². The van der Waals surface area contributed by atoms with Crippen LogP contribution in [0.5, 0.6) is 5.75 Å². The van der Waals surface area contributed by atoms with Crippen LogP contribution in [-0.4, -0.2) is 29.6 Å². The van der Waals surface area contributed by atoms with Crippen LogP contribution in [0.2, 0.25) is 5.02 Å². The quantitative estimate of drug-likeness (QED) is 0.417. The number of amides is 2. The zero-order valence-corrected chi connectivity index (χ0v) is 17.8. The van der Waals surface area contributed by atoms with Gasteiger partial charge in [0.1, 0.15) is 5.75 Å². The second kappa shape index (κ2) is 8.00. The van der Waals surface area contributed by atoms with Gasteiger partial charge in [0.25, 0.3) is 0 Å². The lowest BCUT2D eigenvalue weighted by atomic mass is 9.92. The van der Waals surface area contributed by atoms with Crippen LogP contribution in [0, 0.1) is 0 Å². The predicted octanol–water partition coefficient (Wildman–Crippen LogP) is 6.01. The van der Waals surface area contributed by atoms with Crippen molar-refractivity contribution in [3.8, 4) is 5.75 Å². The van der Waals surface area contributed by atoms with E-state index in [2.05, 4.69) is 28.5 Å². The van der Waals surface area contributed by atoms with Crippen molar-refractivity contribution in [2.24, 2.45) is 0 Å². The van der Waals surface area contributed by atoms with Gasteiger partial charge in [0.2, 0.25) is 0 Å². The molecule has 1 aromatic heterocycles. The molecule has 0 bridgehead atoms. The Morgan fingerprint density at radius 3 is 2.71 bits per heavy atom. The molecule has 1 aliphatic heterocycles. The van der Waals surface area contributed by atoms with Gasteiger partial charge in [-0.3, -0.25) is 0 Å². The molecular weight excluding hydrogens is 410 g/mol. The van der Waals surface area contributed by atoms with Crippen LogP contribution in [0.4, 0.5) is 10.5 Å². The van der Waals surface area contributed by atoms with Crippen molar-refractivity contribution < 1.29 is 9.53 Å². The van der Waals surface area contributed by atoms with E-state index in [1.807, 2.05) is 59.5 Å². The standard InChI is InChI=1S/C25H22ClN3O2/c1-31-19-6-4-5-18(15-19)27-25(30)29-14-13-21-20-7-2-3-8-22(20)28-23(21)24(29)16-9-11-17(26)12-10-16/h2-12,15,24,28H,13-14H2,1H3,(H,27,30)/t24-/m1/s1. The molecule has 0 spiro atoms. The summed E-state index contributed by atoms with van der Waals surface area (Å²) in [5, 5.41) is 4.91. The molecule has 4 aromatic rings. The van der Waals surface area contributed by atoms with E-state index in [1.54, 1.807) is 7.11 Å². The van der Waals surface area contributed by atoms with Gasteiger partial charge in [-0.2, -0.15) is 0 Å². The molecule has 2 N–H and O–H groups in total. The highest BCUT2D eigenvalue weighted by atomic mass is 35.5. The Hall–Kier alpha value is -3.44. The van der Waals surface area contributed by atoms with Crippen molar-refractivity contribution in [3.63, 3.8) is 0 Å². The lowest BCUT2D eigenvalue weighted by molar-refractivity contribution is 0.193. The first-order valence-corrected chi connectivity index (χ1v) is 10.6. The molecule has 0 fully saturated rings. The molecule has 3 aromatic carbocycles. The monoisotopic (exact) mass is 431 g/mol. The molecule has 0 saturated heterocycles. The second-order valence-corrected chi connectivity index (χ2v) is 8.06. The Kier molecular flexibility index (Phi) is 5.04. The number of methoxy groups -OCH3 is 1. The van der Waals surface area contributed by atoms with Gasteiger partial charge in [0.05, 0.1) is 13.2 Å².